The third-order valence-corrected chi connectivity index (χ3v) is 4.62. The van der Waals surface area contributed by atoms with E-state index in [1.807, 2.05) is 18.2 Å². The van der Waals surface area contributed by atoms with E-state index in [2.05, 4.69) is 28.6 Å². The van der Waals surface area contributed by atoms with E-state index in [0.29, 0.717) is 17.2 Å². The van der Waals surface area contributed by atoms with Crippen molar-refractivity contribution >= 4 is 11.3 Å². The summed E-state index contributed by atoms with van der Waals surface area (Å²) in [6.45, 7) is 2.08. The number of aromatic amines is 1. The summed E-state index contributed by atoms with van der Waals surface area (Å²) in [6.07, 6.45) is 0. The molecule has 0 saturated heterocycles. The van der Waals surface area contributed by atoms with Crippen LogP contribution in [0.1, 0.15) is 5.56 Å². The third kappa shape index (κ3) is 2.90. The van der Waals surface area contributed by atoms with Gasteiger partial charge in [-0.2, -0.15) is 5.10 Å². The molecule has 0 aliphatic rings. The predicted octanol–water partition coefficient (Wildman–Crippen LogP) is 4.14. The second kappa shape index (κ2) is 6.34. The summed E-state index contributed by atoms with van der Waals surface area (Å²) in [4.78, 5) is 1.16. The maximum atomic E-state index is 5.39. The molecule has 0 amide bonds. The summed E-state index contributed by atoms with van der Waals surface area (Å²) in [6, 6.07) is 7.94. The van der Waals surface area contributed by atoms with Gasteiger partial charge in [-0.1, -0.05) is 0 Å². The molecule has 120 valence electrons. The molecule has 23 heavy (non-hydrogen) atoms. The molecule has 0 radical (unpaired) electrons. The van der Waals surface area contributed by atoms with E-state index in [-0.39, 0.29) is 0 Å². The zero-order chi connectivity index (χ0) is 16.4. The van der Waals surface area contributed by atoms with E-state index in [0.717, 1.165) is 21.8 Å². The Labute approximate surface area is 138 Å². The largest absolute Gasteiger partial charge is 0.493 e. The van der Waals surface area contributed by atoms with Crippen LogP contribution in [0.5, 0.6) is 17.2 Å². The molecule has 0 spiro atoms. The Bertz CT molecular complexity index is 798. The van der Waals surface area contributed by atoms with Gasteiger partial charge in [-0.05, 0) is 42.1 Å². The molecule has 0 atom stereocenters. The average Bonchev–Trinajstić information content (AvgIpc) is 3.22. The lowest BCUT2D eigenvalue weighted by molar-refractivity contribution is 0.324. The Morgan fingerprint density at radius 3 is 2.17 bits per heavy atom. The van der Waals surface area contributed by atoms with Crippen molar-refractivity contribution in [2.24, 2.45) is 0 Å². The van der Waals surface area contributed by atoms with Gasteiger partial charge in [0.2, 0.25) is 5.75 Å². The monoisotopic (exact) mass is 330 g/mol. The van der Waals surface area contributed by atoms with Gasteiger partial charge in [-0.15, -0.1) is 11.3 Å². The lowest BCUT2D eigenvalue weighted by Gasteiger charge is -2.13. The quantitative estimate of drug-likeness (QED) is 0.764. The van der Waals surface area contributed by atoms with E-state index in [9.17, 15) is 0 Å². The Balaban J connectivity index is 2.03. The SMILES string of the molecule is COc1cc(-c2cc(-c3cc(C)cs3)[nH]n2)cc(OC)c1OC. The fourth-order valence-electron chi connectivity index (χ4n) is 2.40. The van der Waals surface area contributed by atoms with E-state index in [1.165, 1.54) is 5.56 Å². The lowest BCUT2D eigenvalue weighted by Crippen LogP contribution is -1.95. The molecule has 3 rings (SSSR count). The van der Waals surface area contributed by atoms with E-state index in [4.69, 9.17) is 14.2 Å². The Morgan fingerprint density at radius 1 is 0.957 bits per heavy atom. The number of nitrogens with one attached hydrogen (secondary N) is 1. The van der Waals surface area contributed by atoms with E-state index >= 15 is 0 Å². The van der Waals surface area contributed by atoms with Gasteiger partial charge in [0.05, 0.1) is 37.6 Å². The third-order valence-electron chi connectivity index (χ3n) is 3.53. The second-order valence-electron chi connectivity index (χ2n) is 5.07. The molecule has 0 saturated carbocycles. The number of benzene rings is 1. The highest BCUT2D eigenvalue weighted by atomic mass is 32.1. The van der Waals surface area contributed by atoms with Gasteiger partial charge in [0.1, 0.15) is 0 Å². The number of hydrogen-bond acceptors (Lipinski definition) is 5. The average molecular weight is 330 g/mol. The normalized spacial score (nSPS) is 10.6. The van der Waals surface area contributed by atoms with Crippen molar-refractivity contribution in [1.82, 2.24) is 10.2 Å². The van der Waals surface area contributed by atoms with Gasteiger partial charge in [-0.25, -0.2) is 0 Å². The Hall–Kier alpha value is -2.47. The fourth-order valence-corrected chi connectivity index (χ4v) is 3.26. The number of thiophene rings is 1. The van der Waals surface area contributed by atoms with E-state index in [1.54, 1.807) is 32.7 Å². The number of nitrogens with zero attached hydrogens (tertiary/aromatic N) is 1. The maximum Gasteiger partial charge on any atom is 0.203 e. The number of hydrogen-bond donors (Lipinski definition) is 1. The summed E-state index contributed by atoms with van der Waals surface area (Å²) >= 11 is 1.69. The van der Waals surface area contributed by atoms with Crippen molar-refractivity contribution in [3.05, 3.63) is 35.2 Å². The van der Waals surface area contributed by atoms with Crippen LogP contribution >= 0.6 is 11.3 Å². The number of rotatable bonds is 5. The summed E-state index contributed by atoms with van der Waals surface area (Å²) in [5.41, 5.74) is 3.96. The second-order valence-corrected chi connectivity index (χ2v) is 5.98. The summed E-state index contributed by atoms with van der Waals surface area (Å²) in [7, 11) is 4.79. The zero-order valence-electron chi connectivity index (χ0n) is 13.5. The van der Waals surface area contributed by atoms with Crippen LogP contribution in [0.15, 0.2) is 29.6 Å². The minimum absolute atomic E-state index is 0.573. The zero-order valence-corrected chi connectivity index (χ0v) is 14.3. The first-order valence-electron chi connectivity index (χ1n) is 7.07. The topological polar surface area (TPSA) is 56.4 Å². The van der Waals surface area contributed by atoms with Crippen molar-refractivity contribution in [3.63, 3.8) is 0 Å². The minimum atomic E-state index is 0.573. The highest BCUT2D eigenvalue weighted by Crippen LogP contribution is 2.41. The number of methoxy groups -OCH3 is 3. The predicted molar refractivity (Wildman–Crippen MR) is 91.7 cm³/mol. The molecule has 1 aromatic carbocycles. The Morgan fingerprint density at radius 2 is 1.65 bits per heavy atom. The molecule has 0 aliphatic carbocycles. The highest BCUT2D eigenvalue weighted by Gasteiger charge is 2.16. The van der Waals surface area contributed by atoms with Crippen LogP contribution in [0.3, 0.4) is 0 Å². The van der Waals surface area contributed by atoms with Crippen LogP contribution in [0.4, 0.5) is 0 Å². The van der Waals surface area contributed by atoms with Gasteiger partial charge < -0.3 is 14.2 Å². The summed E-state index contributed by atoms with van der Waals surface area (Å²) in [5.74, 6) is 1.79. The van der Waals surface area contributed by atoms with Crippen molar-refractivity contribution < 1.29 is 14.2 Å². The van der Waals surface area contributed by atoms with Gasteiger partial charge in [0.25, 0.3) is 0 Å². The van der Waals surface area contributed by atoms with Crippen LogP contribution < -0.4 is 14.2 Å². The molecule has 0 aliphatic heterocycles. The first-order chi connectivity index (χ1) is 11.2. The molecule has 0 bridgehead atoms. The molecule has 1 N–H and O–H groups in total. The molecule has 2 aromatic heterocycles. The van der Waals surface area contributed by atoms with Crippen LogP contribution in [0.25, 0.3) is 21.8 Å². The van der Waals surface area contributed by atoms with Crippen LogP contribution in [0.2, 0.25) is 0 Å². The molecular weight excluding hydrogens is 312 g/mol. The van der Waals surface area contributed by atoms with Crippen LogP contribution in [-0.2, 0) is 0 Å². The smallest absolute Gasteiger partial charge is 0.203 e. The first-order valence-corrected chi connectivity index (χ1v) is 7.95. The van der Waals surface area contributed by atoms with Gasteiger partial charge >= 0.3 is 0 Å². The minimum Gasteiger partial charge on any atom is -0.493 e. The van der Waals surface area contributed by atoms with Crippen LogP contribution in [0, 0.1) is 6.92 Å². The number of H-pyrrole nitrogens is 1. The lowest BCUT2D eigenvalue weighted by atomic mass is 10.1. The molecule has 2 heterocycles. The first kappa shape index (κ1) is 15.4. The van der Waals surface area contributed by atoms with Gasteiger partial charge in [-0.3, -0.25) is 5.10 Å². The van der Waals surface area contributed by atoms with Crippen molar-refractivity contribution in [1.29, 1.82) is 0 Å². The summed E-state index contributed by atoms with van der Waals surface area (Å²) in [5, 5.41) is 9.61. The van der Waals surface area contributed by atoms with Crippen molar-refractivity contribution in [3.8, 4) is 39.1 Å². The molecule has 0 fully saturated rings. The molecule has 3 aromatic rings. The molecule has 5 nitrogen and oxygen atoms in total. The van der Waals surface area contributed by atoms with Crippen molar-refractivity contribution in [2.45, 2.75) is 6.92 Å². The molecule has 0 unspecified atom stereocenters. The number of aromatic nitrogens is 2. The standard InChI is InChI=1S/C17H18N2O3S/c1-10-5-16(23-9-10)13-8-12(18-19-13)11-6-14(20-2)17(22-4)15(7-11)21-3/h5-9H,1-4H3,(H,18,19). The Kier molecular flexibility index (Phi) is 4.25. The molecule has 6 heteroatoms. The van der Waals surface area contributed by atoms with Gasteiger partial charge in [0, 0.05) is 5.56 Å². The molecular formula is C17H18N2O3S. The highest BCUT2D eigenvalue weighted by molar-refractivity contribution is 7.13. The number of ether oxygens (including phenoxy) is 3. The van der Waals surface area contributed by atoms with Crippen LogP contribution in [-0.4, -0.2) is 31.5 Å². The van der Waals surface area contributed by atoms with Crippen molar-refractivity contribution in [2.75, 3.05) is 21.3 Å². The van der Waals surface area contributed by atoms with Gasteiger partial charge in [0.15, 0.2) is 11.5 Å². The van der Waals surface area contributed by atoms with E-state index < -0.39 is 0 Å². The number of aryl methyl sites for hydroxylation is 1. The fraction of sp³-hybridized carbons (Fsp3) is 0.235. The maximum absolute atomic E-state index is 5.39. The summed E-state index contributed by atoms with van der Waals surface area (Å²) < 4.78 is 16.1.